The molecule has 0 N–H and O–H groups in total. The molecule has 0 atom stereocenters. The van der Waals surface area contributed by atoms with E-state index in [-0.39, 0.29) is 17.2 Å². The molecule has 0 aromatic heterocycles. The van der Waals surface area contributed by atoms with Crippen molar-refractivity contribution in [2.24, 2.45) is 0 Å². The molecule has 26 heavy (non-hydrogen) atoms. The second-order valence-electron chi connectivity index (χ2n) is 4.31. The summed E-state index contributed by atoms with van der Waals surface area (Å²) in [6, 6.07) is 4.72. The van der Waals surface area contributed by atoms with E-state index in [1.807, 2.05) is 6.07 Å². The molecule has 1 aromatic carbocycles. The Morgan fingerprint density at radius 1 is 1.04 bits per heavy atom. The Morgan fingerprint density at radius 3 is 1.85 bits per heavy atom. The van der Waals surface area contributed by atoms with Crippen LogP contribution in [-0.4, -0.2) is 11.9 Å². The van der Waals surface area contributed by atoms with Crippen LogP contribution in [0.4, 0.5) is 0 Å². The predicted molar refractivity (Wildman–Crippen MR) is 95.6 cm³/mol. The Bertz CT molecular complexity index is 957. The van der Waals surface area contributed by atoms with Gasteiger partial charge in [-0.2, -0.15) is 0 Å². The van der Waals surface area contributed by atoms with Gasteiger partial charge in [0, 0.05) is 11.8 Å². The van der Waals surface area contributed by atoms with Gasteiger partial charge < -0.3 is 9.47 Å². The Labute approximate surface area is 158 Å². The minimum absolute atomic E-state index is 0.104. The lowest BCUT2D eigenvalue weighted by Crippen LogP contribution is -2.07. The first-order valence-electron chi connectivity index (χ1n) is 6.87. The van der Waals surface area contributed by atoms with E-state index in [1.165, 1.54) is 26.0 Å². The number of hydrogen-bond donors (Lipinski definition) is 0. The van der Waals surface area contributed by atoms with Gasteiger partial charge >= 0.3 is 11.9 Å². The molecule has 0 saturated carbocycles. The van der Waals surface area contributed by atoms with E-state index in [0.29, 0.717) is 14.0 Å². The summed E-state index contributed by atoms with van der Waals surface area (Å²) >= 11 is 2.18. The third kappa shape index (κ3) is 4.21. The molecule has 1 aromatic rings. The lowest BCUT2D eigenvalue weighted by molar-refractivity contribution is -0.129. The van der Waals surface area contributed by atoms with Gasteiger partial charge in [0.15, 0.2) is 0 Å². The Kier molecular flexibility index (Phi) is 6.36. The number of thioether (sulfide) groups is 2. The van der Waals surface area contributed by atoms with E-state index >= 15 is 0 Å². The number of fused-ring (bicyclic) bond motifs is 1. The molecule has 6 nitrogen and oxygen atoms in total. The van der Waals surface area contributed by atoms with Crippen molar-refractivity contribution in [3.05, 3.63) is 33.5 Å². The fourth-order valence-corrected chi connectivity index (χ4v) is 4.23. The Morgan fingerprint density at radius 2 is 1.50 bits per heavy atom. The monoisotopic (exact) mass is 380 g/mol. The summed E-state index contributed by atoms with van der Waals surface area (Å²) in [5.41, 5.74) is -0.104. The van der Waals surface area contributed by atoms with Crippen LogP contribution in [0.2, 0.25) is 0 Å². The van der Waals surface area contributed by atoms with Crippen molar-refractivity contribution in [2.45, 2.75) is 23.6 Å². The van der Waals surface area contributed by atoms with Gasteiger partial charge in [-0.05, 0) is 26.0 Å². The fourth-order valence-electron chi connectivity index (χ4n) is 1.75. The zero-order valence-electron chi connectivity index (χ0n) is 13.5. The van der Waals surface area contributed by atoms with Crippen LogP contribution in [0, 0.1) is 41.6 Å². The zero-order chi connectivity index (χ0) is 19.1. The highest BCUT2D eigenvalue weighted by Gasteiger charge is 2.29. The summed E-state index contributed by atoms with van der Waals surface area (Å²) in [5, 5.41) is 9.08. The van der Waals surface area contributed by atoms with Crippen molar-refractivity contribution >= 4 is 35.5 Å². The molecule has 0 amide bonds. The van der Waals surface area contributed by atoms with Crippen LogP contribution in [0.25, 0.3) is 4.85 Å². The number of benzene rings is 1. The summed E-state index contributed by atoms with van der Waals surface area (Å²) in [7, 11) is 0. The van der Waals surface area contributed by atoms with E-state index < -0.39 is 11.9 Å². The molecule has 1 heterocycles. The normalized spacial score (nSPS) is 10.7. The predicted octanol–water partition coefficient (Wildman–Crippen LogP) is 3.35. The van der Waals surface area contributed by atoms with E-state index in [1.54, 1.807) is 0 Å². The molecule has 0 aliphatic carbocycles. The molecule has 0 fully saturated rings. The lowest BCUT2D eigenvalue weighted by Gasteiger charge is -2.09. The molecule has 8 heteroatoms. The van der Waals surface area contributed by atoms with Crippen LogP contribution in [-0.2, 0) is 9.59 Å². The molecule has 0 unspecified atom stereocenters. The molecule has 1 aliphatic rings. The number of esters is 2. The summed E-state index contributed by atoms with van der Waals surface area (Å²) in [6.07, 6.45) is 0. The van der Waals surface area contributed by atoms with E-state index in [0.717, 1.165) is 23.5 Å². The third-order valence-electron chi connectivity index (χ3n) is 2.70. The van der Waals surface area contributed by atoms with Crippen molar-refractivity contribution in [1.29, 1.82) is 5.26 Å². The highest BCUT2D eigenvalue weighted by atomic mass is 32.2. The highest BCUT2D eigenvalue weighted by Crippen LogP contribution is 2.58. The quantitative estimate of drug-likeness (QED) is 0.194. The first kappa shape index (κ1) is 19.0. The Hall–Kier alpha value is -3.30. The number of carbonyl (C=O) groups excluding carboxylic acids is 2. The smallest absolute Gasteiger partial charge is 0.389 e. The van der Waals surface area contributed by atoms with Crippen LogP contribution in [0.5, 0.6) is 11.5 Å². The maximum atomic E-state index is 11.7. The van der Waals surface area contributed by atoms with Crippen molar-refractivity contribution in [3.8, 4) is 41.2 Å². The first-order chi connectivity index (χ1) is 12.5. The molecule has 0 saturated heterocycles. The zero-order valence-corrected chi connectivity index (χ0v) is 15.1. The number of rotatable bonds is 2. The summed E-state index contributed by atoms with van der Waals surface area (Å²) < 4.78 is 10.8. The molecule has 0 bridgehead atoms. The second kappa shape index (κ2) is 8.70. The molecule has 126 valence electrons. The number of ether oxygens (including phenoxy) is 2. The van der Waals surface area contributed by atoms with E-state index in [2.05, 4.69) is 28.5 Å². The summed E-state index contributed by atoms with van der Waals surface area (Å²) in [5.74, 6) is 8.31. The van der Waals surface area contributed by atoms with Gasteiger partial charge in [-0.15, -0.1) is 0 Å². The average Bonchev–Trinajstić information content (AvgIpc) is 3.04. The van der Waals surface area contributed by atoms with Crippen LogP contribution in [0.15, 0.2) is 31.9 Å². The molecular weight excluding hydrogens is 372 g/mol. The van der Waals surface area contributed by atoms with Crippen LogP contribution < -0.4 is 9.47 Å². The molecular formula is C18H8N2O4S2. The van der Waals surface area contributed by atoms with Gasteiger partial charge in [-0.1, -0.05) is 35.4 Å². The number of nitrogens with zero attached hydrogens (tertiary/aromatic N) is 2. The second-order valence-corrected chi connectivity index (χ2v) is 6.61. The fraction of sp³-hybridized carbons (Fsp3) is 0.111. The molecule has 2 rings (SSSR count). The first-order valence-corrected chi connectivity index (χ1v) is 8.51. The SMILES string of the molecule is [C-]#[N+]C(C#N)=C1Sc2c(OC(=O)C#CC)ccc(OC(=O)C#CC)c2S1. The minimum Gasteiger partial charge on any atom is -0.416 e. The lowest BCUT2D eigenvalue weighted by atomic mass is 10.3. The number of nitriles is 1. The number of carbonyl (C=O) groups is 2. The molecule has 0 spiro atoms. The Balaban J connectivity index is 2.52. The molecule has 0 radical (unpaired) electrons. The average molecular weight is 380 g/mol. The third-order valence-corrected chi connectivity index (χ3v) is 5.31. The van der Waals surface area contributed by atoms with Crippen LogP contribution in [0.3, 0.4) is 0 Å². The van der Waals surface area contributed by atoms with Gasteiger partial charge in [-0.3, -0.25) is 0 Å². The van der Waals surface area contributed by atoms with Crippen molar-refractivity contribution in [2.75, 3.05) is 0 Å². The van der Waals surface area contributed by atoms with Crippen LogP contribution in [0.1, 0.15) is 13.8 Å². The van der Waals surface area contributed by atoms with Gasteiger partial charge in [0.25, 0.3) is 5.70 Å². The number of hydrogen-bond acceptors (Lipinski definition) is 7. The van der Waals surface area contributed by atoms with E-state index in [4.69, 9.17) is 21.3 Å². The summed E-state index contributed by atoms with van der Waals surface area (Å²) in [4.78, 5) is 27.4. The van der Waals surface area contributed by atoms with Crippen LogP contribution >= 0.6 is 23.5 Å². The van der Waals surface area contributed by atoms with Gasteiger partial charge in [0.05, 0.1) is 26.7 Å². The van der Waals surface area contributed by atoms with Crippen molar-refractivity contribution in [1.82, 2.24) is 0 Å². The molecule has 1 aliphatic heterocycles. The largest absolute Gasteiger partial charge is 0.416 e. The van der Waals surface area contributed by atoms with Crippen molar-refractivity contribution < 1.29 is 19.1 Å². The van der Waals surface area contributed by atoms with Gasteiger partial charge in [-0.25, -0.2) is 19.7 Å². The van der Waals surface area contributed by atoms with Gasteiger partial charge in [0.1, 0.15) is 11.5 Å². The maximum Gasteiger partial charge on any atom is 0.389 e. The van der Waals surface area contributed by atoms with Gasteiger partial charge in [0.2, 0.25) is 0 Å². The topological polar surface area (TPSA) is 80.8 Å². The minimum atomic E-state index is -0.745. The van der Waals surface area contributed by atoms with E-state index in [9.17, 15) is 9.59 Å². The summed E-state index contributed by atoms with van der Waals surface area (Å²) in [6.45, 7) is 10.1. The van der Waals surface area contributed by atoms with Crippen molar-refractivity contribution in [3.63, 3.8) is 0 Å². The maximum absolute atomic E-state index is 11.7. The standard InChI is InChI=1S/C18H8N2O4S2/c1-4-6-14(21)23-12-8-9-13(24-15(22)7-5-2)17-16(12)25-18(26-17)11(10-19)20-3/h8-9H,1-2H3. The number of allylic oxidation sites excluding steroid dienone is 1. The highest BCUT2D eigenvalue weighted by molar-refractivity contribution is 8.24.